The predicted octanol–water partition coefficient (Wildman–Crippen LogP) is 15.2. The van der Waals surface area contributed by atoms with Gasteiger partial charge < -0.3 is 14.2 Å². The average molecular weight is 817 g/mol. The maximum atomic E-state index is 12.7. The summed E-state index contributed by atoms with van der Waals surface area (Å²) < 4.78 is 16.6. The van der Waals surface area contributed by atoms with Crippen molar-refractivity contribution in [2.75, 3.05) is 13.2 Å². The molecule has 0 aromatic heterocycles. The van der Waals surface area contributed by atoms with Gasteiger partial charge in [0.25, 0.3) is 0 Å². The minimum atomic E-state index is -0.843. The largest absolute Gasteiger partial charge is 0.462 e. The van der Waals surface area contributed by atoms with Gasteiger partial charge in [0.05, 0.1) is 0 Å². The first kappa shape index (κ1) is 55.1. The predicted molar refractivity (Wildman–Crippen MR) is 251 cm³/mol. The Hall–Kier alpha value is -3.93. The Bertz CT molecular complexity index is 1260. The van der Waals surface area contributed by atoms with Crippen molar-refractivity contribution in [2.24, 2.45) is 0 Å². The molecule has 1 atom stereocenters. The first-order chi connectivity index (χ1) is 29.0. The lowest BCUT2D eigenvalue weighted by Gasteiger charge is -2.18. The van der Waals surface area contributed by atoms with E-state index in [2.05, 4.69) is 69.4 Å². The van der Waals surface area contributed by atoms with Crippen LogP contribution in [0.4, 0.5) is 0 Å². The molecule has 332 valence electrons. The minimum absolute atomic E-state index is 0.132. The number of allylic oxidation sites excluding steroid dienone is 18. The molecule has 0 aliphatic carbocycles. The molecule has 0 aliphatic heterocycles. The smallest absolute Gasteiger partial charge is 0.306 e. The Balaban J connectivity index is 4.60. The van der Waals surface area contributed by atoms with Crippen LogP contribution in [0.3, 0.4) is 0 Å². The third kappa shape index (κ3) is 45.0. The quantitative estimate of drug-likeness (QED) is 0.0201. The molecule has 0 saturated heterocycles. The molecule has 0 N–H and O–H groups in total. The fraction of sp³-hybridized carbons (Fsp3) is 0.604. The Morgan fingerprint density at radius 1 is 0.373 bits per heavy atom. The number of carbonyl (C=O) groups excluding carboxylic acids is 3. The van der Waals surface area contributed by atoms with Crippen molar-refractivity contribution < 1.29 is 28.6 Å². The Morgan fingerprint density at radius 3 is 1.37 bits per heavy atom. The number of hydrogen-bond donors (Lipinski definition) is 0. The van der Waals surface area contributed by atoms with Crippen LogP contribution in [0.1, 0.15) is 188 Å². The van der Waals surface area contributed by atoms with Crippen LogP contribution in [0.5, 0.6) is 0 Å². The molecule has 6 heteroatoms. The van der Waals surface area contributed by atoms with E-state index in [1.54, 1.807) is 0 Å². The van der Waals surface area contributed by atoms with Gasteiger partial charge in [-0.05, 0) is 77.0 Å². The summed E-state index contributed by atoms with van der Waals surface area (Å²) in [4.78, 5) is 37.7. The van der Waals surface area contributed by atoms with E-state index < -0.39 is 12.1 Å². The van der Waals surface area contributed by atoms with Crippen molar-refractivity contribution in [1.82, 2.24) is 0 Å². The number of unbranched alkanes of at least 4 members (excludes halogenated alkanes) is 16. The van der Waals surface area contributed by atoms with E-state index in [4.69, 9.17) is 14.2 Å². The van der Waals surface area contributed by atoms with Crippen LogP contribution in [-0.4, -0.2) is 37.2 Å². The summed E-state index contributed by atoms with van der Waals surface area (Å²) in [6.07, 6.45) is 62.3. The van der Waals surface area contributed by atoms with E-state index in [0.717, 1.165) is 64.2 Å². The van der Waals surface area contributed by atoms with Gasteiger partial charge in [-0.3, -0.25) is 14.4 Å². The van der Waals surface area contributed by atoms with Crippen LogP contribution >= 0.6 is 0 Å². The number of carbonyl (C=O) groups is 3. The van der Waals surface area contributed by atoms with Crippen molar-refractivity contribution in [1.29, 1.82) is 0 Å². The lowest BCUT2D eigenvalue weighted by molar-refractivity contribution is -0.166. The summed E-state index contributed by atoms with van der Waals surface area (Å²) >= 11 is 0. The summed E-state index contributed by atoms with van der Waals surface area (Å²) in [6, 6.07) is 0. The topological polar surface area (TPSA) is 78.9 Å². The van der Waals surface area contributed by atoms with Gasteiger partial charge >= 0.3 is 17.9 Å². The molecule has 0 radical (unpaired) electrons. The fourth-order valence-corrected chi connectivity index (χ4v) is 5.87. The Morgan fingerprint density at radius 2 is 0.780 bits per heavy atom. The minimum Gasteiger partial charge on any atom is -0.462 e. The molecule has 0 aliphatic rings. The van der Waals surface area contributed by atoms with Crippen LogP contribution in [0, 0.1) is 0 Å². The van der Waals surface area contributed by atoms with E-state index in [9.17, 15) is 14.4 Å². The van der Waals surface area contributed by atoms with Crippen LogP contribution < -0.4 is 0 Å². The summed E-state index contributed by atoms with van der Waals surface area (Å²) in [5.41, 5.74) is 0. The fourth-order valence-electron chi connectivity index (χ4n) is 5.87. The van der Waals surface area contributed by atoms with Crippen molar-refractivity contribution in [3.63, 3.8) is 0 Å². The highest BCUT2D eigenvalue weighted by Gasteiger charge is 2.19. The molecule has 0 aromatic carbocycles. The van der Waals surface area contributed by atoms with Gasteiger partial charge in [0.2, 0.25) is 0 Å². The number of esters is 3. The van der Waals surface area contributed by atoms with E-state index in [-0.39, 0.29) is 38.0 Å². The first-order valence-electron chi connectivity index (χ1n) is 23.5. The van der Waals surface area contributed by atoms with E-state index in [0.29, 0.717) is 19.3 Å². The summed E-state index contributed by atoms with van der Waals surface area (Å²) in [6.45, 7) is 6.30. The average Bonchev–Trinajstić information content (AvgIpc) is 3.23. The molecule has 59 heavy (non-hydrogen) atoms. The third-order valence-electron chi connectivity index (χ3n) is 9.40. The van der Waals surface area contributed by atoms with Crippen molar-refractivity contribution in [3.8, 4) is 0 Å². The van der Waals surface area contributed by atoms with E-state index in [1.165, 1.54) is 70.6 Å². The highest BCUT2D eigenvalue weighted by Crippen LogP contribution is 2.11. The highest BCUT2D eigenvalue weighted by molar-refractivity contribution is 5.71. The highest BCUT2D eigenvalue weighted by atomic mass is 16.6. The summed E-state index contributed by atoms with van der Waals surface area (Å²) in [5, 5.41) is 0. The number of hydrogen-bond acceptors (Lipinski definition) is 6. The van der Waals surface area contributed by atoms with Crippen molar-refractivity contribution in [2.45, 2.75) is 194 Å². The maximum Gasteiger partial charge on any atom is 0.306 e. The van der Waals surface area contributed by atoms with Crippen molar-refractivity contribution in [3.05, 3.63) is 109 Å². The third-order valence-corrected chi connectivity index (χ3v) is 9.40. The monoisotopic (exact) mass is 817 g/mol. The zero-order valence-electron chi connectivity index (χ0n) is 37.7. The first-order valence-corrected chi connectivity index (χ1v) is 23.5. The van der Waals surface area contributed by atoms with Gasteiger partial charge in [-0.1, -0.05) is 201 Å². The van der Waals surface area contributed by atoms with Crippen LogP contribution in [-0.2, 0) is 28.6 Å². The van der Waals surface area contributed by atoms with E-state index in [1.807, 2.05) is 60.8 Å². The molecule has 0 saturated carbocycles. The molecule has 0 spiro atoms. The molecule has 0 rings (SSSR count). The van der Waals surface area contributed by atoms with Gasteiger partial charge in [0.15, 0.2) is 6.10 Å². The van der Waals surface area contributed by atoms with Crippen LogP contribution in [0.25, 0.3) is 0 Å². The SMILES string of the molecule is CC\C=C/C=C\C=C/C=C\C=C/CCCC(=O)OC(COC(=O)CC/C=C\C/C=C\CCCCCCCC)COC(=O)CCCCCCCC/C=C\C=C/CCCCC. The van der Waals surface area contributed by atoms with Crippen LogP contribution in [0.15, 0.2) is 109 Å². The molecule has 0 bridgehead atoms. The standard InChI is InChI=1S/C53H84O6/c1-4-7-10-13-16-19-22-25-26-29-31-34-37-40-43-46-52(55)58-49-50(59-53(56)47-44-41-38-35-32-28-24-21-18-15-12-9-6-3)48-57-51(54)45-42-39-36-33-30-27-23-20-17-14-11-8-5-2/h9,12,15-16,18-19,21-22,24-25,27-28,30,32,35-36,38-39,50H,4-8,10-11,13-14,17,20,23,26,29,31,33-34,37,40-49H2,1-3H3/b12-9-,18-15-,19-16-,24-21-,25-22-,30-27-,32-28-,38-35-,39-36-. The van der Waals surface area contributed by atoms with Crippen LogP contribution in [0.2, 0.25) is 0 Å². The lowest BCUT2D eigenvalue weighted by atomic mass is 10.1. The lowest BCUT2D eigenvalue weighted by Crippen LogP contribution is -2.30. The molecule has 1 unspecified atom stereocenters. The molecular formula is C53H84O6. The zero-order valence-corrected chi connectivity index (χ0v) is 37.7. The molecular weight excluding hydrogens is 733 g/mol. The second-order valence-electron chi connectivity index (χ2n) is 15.1. The molecule has 0 fully saturated rings. The van der Waals surface area contributed by atoms with Gasteiger partial charge in [0.1, 0.15) is 13.2 Å². The zero-order chi connectivity index (χ0) is 43.0. The Labute approximate surface area is 361 Å². The maximum absolute atomic E-state index is 12.7. The molecule has 0 aromatic rings. The van der Waals surface area contributed by atoms with Gasteiger partial charge in [-0.25, -0.2) is 0 Å². The normalized spacial score (nSPS) is 13.1. The van der Waals surface area contributed by atoms with Gasteiger partial charge in [-0.15, -0.1) is 0 Å². The number of ether oxygens (including phenoxy) is 3. The van der Waals surface area contributed by atoms with Gasteiger partial charge in [-0.2, -0.15) is 0 Å². The molecule has 0 amide bonds. The van der Waals surface area contributed by atoms with E-state index >= 15 is 0 Å². The second kappa shape index (κ2) is 46.8. The number of rotatable bonds is 40. The molecule has 0 heterocycles. The second-order valence-corrected chi connectivity index (χ2v) is 15.1. The summed E-state index contributed by atoms with van der Waals surface area (Å²) in [5.74, 6) is -1.10. The van der Waals surface area contributed by atoms with Gasteiger partial charge in [0, 0.05) is 19.3 Å². The van der Waals surface area contributed by atoms with Crippen molar-refractivity contribution >= 4 is 17.9 Å². The molecule has 6 nitrogen and oxygen atoms in total. The Kier molecular flexibility index (Phi) is 43.6. The summed E-state index contributed by atoms with van der Waals surface area (Å²) in [7, 11) is 0.